The number of nitrogens with zero attached hydrogens (tertiary/aromatic N) is 3. The van der Waals surface area contributed by atoms with Gasteiger partial charge in [0, 0.05) is 24.0 Å². The first-order valence-electron chi connectivity index (χ1n) is 6.58. The van der Waals surface area contributed by atoms with Crippen LogP contribution in [0.1, 0.15) is 23.0 Å². The van der Waals surface area contributed by atoms with Crippen molar-refractivity contribution in [3.05, 3.63) is 65.9 Å². The lowest BCUT2D eigenvalue weighted by Crippen LogP contribution is -2.20. The highest BCUT2D eigenvalue weighted by atomic mass is 15.0. The SMILES string of the molecule is CNC(c1ccc2cccnc2c1)c1ncc(C)cn1. The van der Waals surface area contributed by atoms with Crippen molar-refractivity contribution in [3.8, 4) is 0 Å². The molecule has 0 aliphatic carbocycles. The van der Waals surface area contributed by atoms with E-state index >= 15 is 0 Å². The molecule has 1 atom stereocenters. The molecule has 1 N–H and O–H groups in total. The van der Waals surface area contributed by atoms with Gasteiger partial charge in [-0.05, 0) is 37.2 Å². The summed E-state index contributed by atoms with van der Waals surface area (Å²) in [5.41, 5.74) is 3.16. The van der Waals surface area contributed by atoms with E-state index in [1.165, 1.54) is 0 Å². The lowest BCUT2D eigenvalue weighted by molar-refractivity contribution is 0.646. The summed E-state index contributed by atoms with van der Waals surface area (Å²) in [4.78, 5) is 13.2. The van der Waals surface area contributed by atoms with Gasteiger partial charge in [-0.15, -0.1) is 0 Å². The van der Waals surface area contributed by atoms with Gasteiger partial charge in [-0.25, -0.2) is 9.97 Å². The Labute approximate surface area is 117 Å². The zero-order chi connectivity index (χ0) is 13.9. The molecule has 0 saturated heterocycles. The Bertz CT molecular complexity index is 722. The molecule has 0 spiro atoms. The van der Waals surface area contributed by atoms with E-state index in [-0.39, 0.29) is 6.04 Å². The fourth-order valence-electron chi connectivity index (χ4n) is 2.26. The van der Waals surface area contributed by atoms with E-state index in [0.29, 0.717) is 0 Å². The first kappa shape index (κ1) is 12.7. The van der Waals surface area contributed by atoms with Crippen molar-refractivity contribution in [2.75, 3.05) is 7.05 Å². The predicted molar refractivity (Wildman–Crippen MR) is 79.4 cm³/mol. The molecule has 3 aromatic rings. The summed E-state index contributed by atoms with van der Waals surface area (Å²) in [7, 11) is 1.91. The summed E-state index contributed by atoms with van der Waals surface area (Å²) < 4.78 is 0. The van der Waals surface area contributed by atoms with Crippen LogP contribution in [0, 0.1) is 6.92 Å². The van der Waals surface area contributed by atoms with Crippen LogP contribution in [0.15, 0.2) is 48.9 Å². The van der Waals surface area contributed by atoms with Crippen LogP contribution in [0.4, 0.5) is 0 Å². The topological polar surface area (TPSA) is 50.7 Å². The van der Waals surface area contributed by atoms with E-state index in [0.717, 1.165) is 27.9 Å². The Balaban J connectivity index is 2.04. The molecule has 0 amide bonds. The summed E-state index contributed by atoms with van der Waals surface area (Å²) >= 11 is 0. The summed E-state index contributed by atoms with van der Waals surface area (Å²) in [6.45, 7) is 1.98. The van der Waals surface area contributed by atoms with Crippen LogP contribution in [0.2, 0.25) is 0 Å². The molecule has 1 aromatic carbocycles. The molecule has 2 aromatic heterocycles. The van der Waals surface area contributed by atoms with Crippen molar-refractivity contribution in [3.63, 3.8) is 0 Å². The van der Waals surface area contributed by atoms with Gasteiger partial charge in [0.05, 0.1) is 11.6 Å². The Morgan fingerprint density at radius 1 is 1.05 bits per heavy atom. The van der Waals surface area contributed by atoms with Gasteiger partial charge >= 0.3 is 0 Å². The number of fused-ring (bicyclic) bond motifs is 1. The minimum atomic E-state index is -0.0259. The van der Waals surface area contributed by atoms with Gasteiger partial charge in [0.2, 0.25) is 0 Å². The highest BCUT2D eigenvalue weighted by molar-refractivity contribution is 5.79. The molecule has 1 unspecified atom stereocenters. The molecule has 0 bridgehead atoms. The van der Waals surface area contributed by atoms with E-state index in [4.69, 9.17) is 0 Å². The van der Waals surface area contributed by atoms with E-state index in [1.807, 2.05) is 38.6 Å². The zero-order valence-electron chi connectivity index (χ0n) is 11.5. The van der Waals surface area contributed by atoms with E-state index < -0.39 is 0 Å². The molecule has 0 aliphatic heterocycles. The van der Waals surface area contributed by atoms with Crippen LogP contribution < -0.4 is 5.32 Å². The van der Waals surface area contributed by atoms with Crippen molar-refractivity contribution in [1.82, 2.24) is 20.3 Å². The van der Waals surface area contributed by atoms with Crippen molar-refractivity contribution >= 4 is 10.9 Å². The average Bonchev–Trinajstić information content (AvgIpc) is 2.50. The maximum Gasteiger partial charge on any atom is 0.149 e. The summed E-state index contributed by atoms with van der Waals surface area (Å²) in [6, 6.07) is 10.2. The quantitative estimate of drug-likeness (QED) is 0.790. The Hall–Kier alpha value is -2.33. The largest absolute Gasteiger partial charge is 0.307 e. The van der Waals surface area contributed by atoms with Gasteiger partial charge in [-0.1, -0.05) is 18.2 Å². The minimum Gasteiger partial charge on any atom is -0.307 e. The molecule has 2 heterocycles. The highest BCUT2D eigenvalue weighted by Gasteiger charge is 2.15. The standard InChI is InChI=1S/C16H16N4/c1-11-9-19-16(20-10-11)15(17-2)13-6-5-12-4-3-7-18-14(12)8-13/h3-10,15,17H,1-2H3. The smallest absolute Gasteiger partial charge is 0.149 e. The van der Waals surface area contributed by atoms with Gasteiger partial charge in [0.15, 0.2) is 0 Å². The monoisotopic (exact) mass is 264 g/mol. The number of rotatable bonds is 3. The third-order valence-corrected chi connectivity index (χ3v) is 3.31. The second-order valence-corrected chi connectivity index (χ2v) is 4.80. The van der Waals surface area contributed by atoms with Crippen LogP contribution >= 0.6 is 0 Å². The molecule has 0 fully saturated rings. The third kappa shape index (κ3) is 2.38. The van der Waals surface area contributed by atoms with Gasteiger partial charge in [0.25, 0.3) is 0 Å². The number of pyridine rings is 1. The van der Waals surface area contributed by atoms with Crippen LogP contribution in [0.3, 0.4) is 0 Å². The lowest BCUT2D eigenvalue weighted by atomic mass is 10.0. The first-order valence-corrected chi connectivity index (χ1v) is 6.58. The van der Waals surface area contributed by atoms with Crippen LogP contribution in [-0.2, 0) is 0 Å². The maximum atomic E-state index is 4.41. The molecule has 4 nitrogen and oxygen atoms in total. The highest BCUT2D eigenvalue weighted by Crippen LogP contribution is 2.22. The normalized spacial score (nSPS) is 12.5. The Morgan fingerprint density at radius 3 is 2.60 bits per heavy atom. The molecule has 100 valence electrons. The van der Waals surface area contributed by atoms with Crippen molar-refractivity contribution in [2.45, 2.75) is 13.0 Å². The van der Waals surface area contributed by atoms with Gasteiger partial charge in [-0.3, -0.25) is 4.98 Å². The second-order valence-electron chi connectivity index (χ2n) is 4.80. The lowest BCUT2D eigenvalue weighted by Gasteiger charge is -2.15. The maximum absolute atomic E-state index is 4.41. The van der Waals surface area contributed by atoms with Gasteiger partial charge < -0.3 is 5.32 Å². The minimum absolute atomic E-state index is 0.0259. The molecular formula is C16H16N4. The number of hydrogen-bond donors (Lipinski definition) is 1. The van der Waals surface area contributed by atoms with Crippen molar-refractivity contribution in [1.29, 1.82) is 0 Å². The van der Waals surface area contributed by atoms with Gasteiger partial charge in [-0.2, -0.15) is 0 Å². The van der Waals surface area contributed by atoms with Crippen LogP contribution in [-0.4, -0.2) is 22.0 Å². The second kappa shape index (κ2) is 5.35. The molecule has 20 heavy (non-hydrogen) atoms. The summed E-state index contributed by atoms with van der Waals surface area (Å²) in [5, 5.41) is 4.40. The first-order chi connectivity index (χ1) is 9.78. The molecular weight excluding hydrogens is 248 g/mol. The molecule has 4 heteroatoms. The zero-order valence-corrected chi connectivity index (χ0v) is 11.5. The number of nitrogens with one attached hydrogen (secondary N) is 1. The van der Waals surface area contributed by atoms with E-state index in [2.05, 4.69) is 44.5 Å². The van der Waals surface area contributed by atoms with Crippen molar-refractivity contribution < 1.29 is 0 Å². The molecule has 0 saturated carbocycles. The summed E-state index contributed by atoms with van der Waals surface area (Å²) in [5.74, 6) is 0.772. The Kier molecular flexibility index (Phi) is 3.39. The molecule has 0 aliphatic rings. The number of hydrogen-bond acceptors (Lipinski definition) is 4. The fourth-order valence-corrected chi connectivity index (χ4v) is 2.26. The summed E-state index contributed by atoms with van der Waals surface area (Å²) in [6.07, 6.45) is 5.49. The van der Waals surface area contributed by atoms with E-state index in [1.54, 1.807) is 0 Å². The van der Waals surface area contributed by atoms with Crippen LogP contribution in [0.25, 0.3) is 10.9 Å². The average molecular weight is 264 g/mol. The molecule has 0 radical (unpaired) electrons. The number of aromatic nitrogens is 3. The third-order valence-electron chi connectivity index (χ3n) is 3.31. The number of aryl methyl sites for hydroxylation is 1. The Morgan fingerprint density at radius 2 is 1.85 bits per heavy atom. The van der Waals surface area contributed by atoms with Crippen molar-refractivity contribution in [2.24, 2.45) is 0 Å². The van der Waals surface area contributed by atoms with Gasteiger partial charge in [0.1, 0.15) is 5.82 Å². The molecule has 3 rings (SSSR count). The van der Waals surface area contributed by atoms with Crippen LogP contribution in [0.5, 0.6) is 0 Å². The fraction of sp³-hybridized carbons (Fsp3) is 0.188. The van der Waals surface area contributed by atoms with E-state index in [9.17, 15) is 0 Å². The predicted octanol–water partition coefficient (Wildman–Crippen LogP) is 2.64. The number of benzene rings is 1.